The van der Waals surface area contributed by atoms with Crippen LogP contribution in [0.5, 0.6) is 0 Å². The van der Waals surface area contributed by atoms with Crippen LogP contribution in [0.25, 0.3) is 5.69 Å². The second kappa shape index (κ2) is 3.46. The molecule has 0 radical (unpaired) electrons. The Morgan fingerprint density at radius 3 is 2.56 bits per heavy atom. The highest BCUT2D eigenvalue weighted by Gasteiger charge is 2.44. The maximum atomic E-state index is 5.80. The van der Waals surface area contributed by atoms with Crippen LogP contribution in [0.3, 0.4) is 0 Å². The number of para-hydroxylation sites is 1. The number of rotatable bonds is 3. The number of nitrogens with zero attached hydrogens (tertiary/aromatic N) is 2. The fourth-order valence-corrected chi connectivity index (χ4v) is 2.05. The molecule has 1 aliphatic rings. The zero-order valence-corrected chi connectivity index (χ0v) is 9.13. The zero-order chi connectivity index (χ0) is 11.0. The standard InChI is InChI=1S/C13H15N3/c14-10-13(7-8-13)12-6-9-16(15-12)11-4-2-1-3-5-11/h1-6,9H,7-8,10,14H2. The van der Waals surface area contributed by atoms with Crippen molar-refractivity contribution in [3.8, 4) is 5.69 Å². The van der Waals surface area contributed by atoms with Crippen molar-refractivity contribution in [1.29, 1.82) is 0 Å². The van der Waals surface area contributed by atoms with E-state index in [1.807, 2.05) is 29.1 Å². The maximum absolute atomic E-state index is 5.80. The highest BCUT2D eigenvalue weighted by molar-refractivity contribution is 5.32. The molecule has 1 saturated carbocycles. The summed E-state index contributed by atoms with van der Waals surface area (Å²) in [5.74, 6) is 0. The van der Waals surface area contributed by atoms with Gasteiger partial charge < -0.3 is 5.73 Å². The summed E-state index contributed by atoms with van der Waals surface area (Å²) in [4.78, 5) is 0. The van der Waals surface area contributed by atoms with Gasteiger partial charge in [0.2, 0.25) is 0 Å². The molecule has 1 aliphatic carbocycles. The van der Waals surface area contributed by atoms with E-state index in [0.717, 1.165) is 11.4 Å². The minimum absolute atomic E-state index is 0.181. The molecule has 1 fully saturated rings. The van der Waals surface area contributed by atoms with Crippen molar-refractivity contribution < 1.29 is 0 Å². The Balaban J connectivity index is 1.94. The van der Waals surface area contributed by atoms with Gasteiger partial charge in [0.25, 0.3) is 0 Å². The molecule has 2 aromatic rings. The summed E-state index contributed by atoms with van der Waals surface area (Å²) in [5.41, 5.74) is 8.22. The summed E-state index contributed by atoms with van der Waals surface area (Å²) in [6.45, 7) is 0.707. The van der Waals surface area contributed by atoms with Gasteiger partial charge >= 0.3 is 0 Å². The van der Waals surface area contributed by atoms with Crippen molar-refractivity contribution in [3.63, 3.8) is 0 Å². The average molecular weight is 213 g/mol. The highest BCUT2D eigenvalue weighted by atomic mass is 15.3. The Bertz CT molecular complexity index is 483. The molecule has 0 amide bonds. The normalized spacial score (nSPS) is 17.3. The molecule has 0 aliphatic heterocycles. The number of hydrogen-bond acceptors (Lipinski definition) is 2. The Morgan fingerprint density at radius 2 is 1.94 bits per heavy atom. The van der Waals surface area contributed by atoms with Gasteiger partial charge in [0.1, 0.15) is 0 Å². The SMILES string of the molecule is NCC1(c2ccn(-c3ccccc3)n2)CC1. The second-order valence-electron chi connectivity index (χ2n) is 4.47. The van der Waals surface area contributed by atoms with Gasteiger partial charge in [-0.25, -0.2) is 4.68 Å². The van der Waals surface area contributed by atoms with Crippen molar-refractivity contribution in [3.05, 3.63) is 48.3 Å². The maximum Gasteiger partial charge on any atom is 0.0703 e. The molecule has 0 atom stereocenters. The fourth-order valence-electron chi connectivity index (χ4n) is 2.05. The molecule has 1 heterocycles. The lowest BCUT2D eigenvalue weighted by atomic mass is 10.0. The lowest BCUT2D eigenvalue weighted by Crippen LogP contribution is -2.20. The smallest absolute Gasteiger partial charge is 0.0703 e. The van der Waals surface area contributed by atoms with Crippen LogP contribution in [-0.2, 0) is 5.41 Å². The first kappa shape index (κ1) is 9.60. The van der Waals surface area contributed by atoms with Gasteiger partial charge in [0.15, 0.2) is 0 Å². The van der Waals surface area contributed by atoms with Crippen LogP contribution in [0.1, 0.15) is 18.5 Å². The summed E-state index contributed by atoms with van der Waals surface area (Å²) >= 11 is 0. The predicted octanol–water partition coefficient (Wildman–Crippen LogP) is 1.86. The molecule has 0 spiro atoms. The topological polar surface area (TPSA) is 43.8 Å². The van der Waals surface area contributed by atoms with Crippen molar-refractivity contribution in [2.75, 3.05) is 6.54 Å². The Labute approximate surface area is 94.9 Å². The van der Waals surface area contributed by atoms with Crippen molar-refractivity contribution in [2.24, 2.45) is 5.73 Å². The van der Waals surface area contributed by atoms with Gasteiger partial charge in [0.05, 0.1) is 11.4 Å². The third-order valence-electron chi connectivity index (χ3n) is 3.40. The third kappa shape index (κ3) is 1.44. The lowest BCUT2D eigenvalue weighted by molar-refractivity contribution is 0.661. The van der Waals surface area contributed by atoms with Gasteiger partial charge in [-0.15, -0.1) is 0 Å². The molecule has 3 heteroatoms. The van der Waals surface area contributed by atoms with Crippen LogP contribution in [-0.4, -0.2) is 16.3 Å². The first-order valence-electron chi connectivity index (χ1n) is 5.66. The van der Waals surface area contributed by atoms with E-state index in [0.29, 0.717) is 6.54 Å². The van der Waals surface area contributed by atoms with Crippen LogP contribution in [0.4, 0.5) is 0 Å². The monoisotopic (exact) mass is 213 g/mol. The van der Waals surface area contributed by atoms with Crippen LogP contribution >= 0.6 is 0 Å². The summed E-state index contributed by atoms with van der Waals surface area (Å²) in [7, 11) is 0. The van der Waals surface area contributed by atoms with E-state index in [1.54, 1.807) is 0 Å². The van der Waals surface area contributed by atoms with Gasteiger partial charge in [-0.1, -0.05) is 18.2 Å². The van der Waals surface area contributed by atoms with Gasteiger partial charge in [-0.2, -0.15) is 5.10 Å². The Hall–Kier alpha value is -1.61. The van der Waals surface area contributed by atoms with Crippen molar-refractivity contribution in [2.45, 2.75) is 18.3 Å². The van der Waals surface area contributed by atoms with Crippen molar-refractivity contribution >= 4 is 0 Å². The first-order valence-corrected chi connectivity index (χ1v) is 5.66. The minimum atomic E-state index is 0.181. The van der Waals surface area contributed by atoms with Crippen LogP contribution in [0, 0.1) is 0 Å². The molecule has 0 bridgehead atoms. The summed E-state index contributed by atoms with van der Waals surface area (Å²) < 4.78 is 1.92. The summed E-state index contributed by atoms with van der Waals surface area (Å²) in [6.07, 6.45) is 4.37. The highest BCUT2D eigenvalue weighted by Crippen LogP contribution is 2.46. The van der Waals surface area contributed by atoms with Crippen LogP contribution < -0.4 is 5.73 Å². The van der Waals surface area contributed by atoms with E-state index in [9.17, 15) is 0 Å². The number of benzene rings is 1. The first-order chi connectivity index (χ1) is 7.84. The molecular formula is C13H15N3. The molecule has 3 rings (SSSR count). The molecule has 0 unspecified atom stereocenters. The van der Waals surface area contributed by atoms with E-state index in [2.05, 4.69) is 23.3 Å². The summed E-state index contributed by atoms with van der Waals surface area (Å²) in [5, 5.41) is 4.62. The molecule has 1 aromatic heterocycles. The number of nitrogens with two attached hydrogens (primary N) is 1. The molecule has 2 N–H and O–H groups in total. The van der Waals surface area contributed by atoms with Gasteiger partial charge in [-0.05, 0) is 31.0 Å². The quantitative estimate of drug-likeness (QED) is 0.845. The summed E-state index contributed by atoms with van der Waals surface area (Å²) in [6, 6.07) is 12.2. The minimum Gasteiger partial charge on any atom is -0.330 e. The Morgan fingerprint density at radius 1 is 1.19 bits per heavy atom. The number of aromatic nitrogens is 2. The molecule has 0 saturated heterocycles. The molecule has 16 heavy (non-hydrogen) atoms. The Kier molecular flexibility index (Phi) is 2.07. The lowest BCUT2D eigenvalue weighted by Gasteiger charge is -2.07. The molecule has 3 nitrogen and oxygen atoms in total. The van der Waals surface area contributed by atoms with Crippen molar-refractivity contribution in [1.82, 2.24) is 9.78 Å². The van der Waals surface area contributed by atoms with Crippen LogP contribution in [0.15, 0.2) is 42.6 Å². The second-order valence-corrected chi connectivity index (χ2v) is 4.47. The van der Waals surface area contributed by atoms with Crippen LogP contribution in [0.2, 0.25) is 0 Å². The van der Waals surface area contributed by atoms with E-state index in [4.69, 9.17) is 5.73 Å². The van der Waals surface area contributed by atoms with Gasteiger partial charge in [-0.3, -0.25) is 0 Å². The van der Waals surface area contributed by atoms with E-state index < -0.39 is 0 Å². The predicted molar refractivity (Wildman–Crippen MR) is 63.5 cm³/mol. The third-order valence-corrected chi connectivity index (χ3v) is 3.40. The van der Waals surface area contributed by atoms with E-state index in [-0.39, 0.29) is 5.41 Å². The van der Waals surface area contributed by atoms with Gasteiger partial charge in [0, 0.05) is 18.2 Å². The molecular weight excluding hydrogens is 198 g/mol. The van der Waals surface area contributed by atoms with E-state index in [1.165, 1.54) is 12.8 Å². The average Bonchev–Trinajstić information content (AvgIpc) is 3.00. The fraction of sp³-hybridized carbons (Fsp3) is 0.308. The zero-order valence-electron chi connectivity index (χ0n) is 9.13. The molecule has 82 valence electrons. The largest absolute Gasteiger partial charge is 0.330 e. The van der Waals surface area contributed by atoms with E-state index >= 15 is 0 Å². The molecule has 1 aromatic carbocycles. The number of hydrogen-bond donors (Lipinski definition) is 1.